The second-order valence-corrected chi connectivity index (χ2v) is 15.4. The summed E-state index contributed by atoms with van der Waals surface area (Å²) in [5.74, 6) is 16.0. The number of non-ortho nitro benzene ring substituents is 1. The van der Waals surface area contributed by atoms with Crippen molar-refractivity contribution in [3.05, 3.63) is 144 Å². The Balaban J connectivity index is 0.000000381. The zero-order valence-corrected chi connectivity index (χ0v) is 38.3. The van der Waals surface area contributed by atoms with Gasteiger partial charge in [-0.2, -0.15) is 0 Å². The van der Waals surface area contributed by atoms with Gasteiger partial charge in [0.25, 0.3) is 23.4 Å². The minimum absolute atomic E-state index is 0.0491. The number of terminal acetylenes is 1. The second kappa shape index (κ2) is 28.2. The summed E-state index contributed by atoms with van der Waals surface area (Å²) in [4.78, 5) is 70.1. The van der Waals surface area contributed by atoms with Crippen molar-refractivity contribution in [3.8, 4) is 47.9 Å². The van der Waals surface area contributed by atoms with Crippen molar-refractivity contribution < 1.29 is 43.6 Å². The fourth-order valence-electron chi connectivity index (χ4n) is 4.81. The number of nitrogens with two attached hydrogens (primary N) is 1. The SMILES string of the molecule is C#CC#Cc1ccc(C(=O)N[C@@H](CNC(=O)OC(C)(C)C)C(=O)COC)cc1.Cc1cccc(I)c1.NC[C@H](NC(=O)c1ccc(C#CC#Cc2cccc([N+](=O)[O-])c2)cc1)C(=O)NO. The Morgan fingerprint density at radius 3 is 1.82 bits per heavy atom. The fraction of sp³-hybridized carbons (Fsp3) is 0.229. The Morgan fingerprint density at radius 2 is 1.35 bits per heavy atom. The summed E-state index contributed by atoms with van der Waals surface area (Å²) >= 11 is 2.31. The van der Waals surface area contributed by atoms with Gasteiger partial charge in [-0.3, -0.25) is 34.5 Å². The van der Waals surface area contributed by atoms with Crippen LogP contribution in [0.3, 0.4) is 0 Å². The van der Waals surface area contributed by atoms with Crippen LogP contribution >= 0.6 is 22.6 Å². The molecule has 0 fully saturated rings. The van der Waals surface area contributed by atoms with E-state index in [-0.39, 0.29) is 36.7 Å². The summed E-state index contributed by atoms with van der Waals surface area (Å²) in [6, 6.07) is 24.9. The molecule has 0 heterocycles. The van der Waals surface area contributed by atoms with E-state index in [0.717, 1.165) is 0 Å². The van der Waals surface area contributed by atoms with Gasteiger partial charge in [-0.15, -0.1) is 6.42 Å². The zero-order chi connectivity index (χ0) is 48.4. The number of hydrogen-bond donors (Lipinski definition) is 6. The van der Waals surface area contributed by atoms with Crippen molar-refractivity contribution >= 4 is 57.9 Å². The molecule has 0 aliphatic carbocycles. The molecule has 4 aromatic rings. The van der Waals surface area contributed by atoms with Gasteiger partial charge in [0.1, 0.15) is 24.3 Å². The Hall–Kier alpha value is -7.52. The summed E-state index contributed by atoms with van der Waals surface area (Å²) in [5.41, 5.74) is 9.76. The second-order valence-electron chi connectivity index (χ2n) is 14.2. The first-order valence-corrected chi connectivity index (χ1v) is 20.4. The molecule has 4 aromatic carbocycles. The Kier molecular flexibility index (Phi) is 23.3. The number of hydroxylamine groups is 1. The van der Waals surface area contributed by atoms with E-state index < -0.39 is 46.4 Å². The average molecular weight is 995 g/mol. The molecule has 4 amide bonds. The highest BCUT2D eigenvalue weighted by atomic mass is 127. The smallest absolute Gasteiger partial charge is 0.407 e. The van der Waals surface area contributed by atoms with Crippen LogP contribution in [0.1, 0.15) is 63.7 Å². The van der Waals surface area contributed by atoms with Crippen LogP contribution in [-0.2, 0) is 19.1 Å². The number of Topliss-reactive ketones (excluding diaryl/α,β-unsaturated/α-hetero) is 1. The number of alkyl carbamates (subject to hydrolysis) is 1. The number of hydrogen-bond acceptors (Lipinski definition) is 11. The molecule has 17 heteroatoms. The van der Waals surface area contributed by atoms with Gasteiger partial charge in [-0.1, -0.05) is 41.5 Å². The highest BCUT2D eigenvalue weighted by molar-refractivity contribution is 14.1. The van der Waals surface area contributed by atoms with Crippen LogP contribution in [-0.4, -0.2) is 84.2 Å². The molecule has 0 spiro atoms. The third-order valence-electron chi connectivity index (χ3n) is 7.88. The standard InChI is InChI=1S/C21H24N2O5.C20H16N4O5.C7H7I/c1-6-7-8-15-9-11-16(12-10-15)19(25)23-17(18(24)14-27-5)13-22-20(26)28-21(2,3)4;21-13-18(20(26)23-27)22-19(25)16-10-8-14(9-11-16)4-1-2-5-15-6-3-7-17(12-15)24(28)29;1-6-3-2-4-7(8)5-6/h1,9-12,17H,13-14H2,2-5H3,(H,22,26)(H,23,25);3,6-12,18,27H,13,21H2,(H,22,25)(H,23,26);2-5H,1H3/t17-;18-;/m00./s1. The third-order valence-corrected chi connectivity index (χ3v) is 8.56. The van der Waals surface area contributed by atoms with Crippen molar-refractivity contribution in [2.24, 2.45) is 5.73 Å². The van der Waals surface area contributed by atoms with Gasteiger partial charge in [-0.25, -0.2) is 10.3 Å². The number of nitro benzene ring substituents is 1. The van der Waals surface area contributed by atoms with Gasteiger partial charge in [0.2, 0.25) is 0 Å². The lowest BCUT2D eigenvalue weighted by atomic mass is 10.1. The molecule has 0 bridgehead atoms. The number of carbonyl (C=O) groups is 5. The first-order chi connectivity index (χ1) is 30.9. The largest absolute Gasteiger partial charge is 0.444 e. The van der Waals surface area contributed by atoms with E-state index in [4.69, 9.17) is 26.8 Å². The van der Waals surface area contributed by atoms with Gasteiger partial charge < -0.3 is 31.2 Å². The number of carbonyl (C=O) groups excluding carboxylic acids is 5. The summed E-state index contributed by atoms with van der Waals surface area (Å²) in [7, 11) is 1.37. The number of rotatable bonds is 12. The monoisotopic (exact) mass is 994 g/mol. The number of aryl methyl sites for hydroxylation is 1. The minimum Gasteiger partial charge on any atom is -0.444 e. The number of amides is 4. The number of ketones is 1. The van der Waals surface area contributed by atoms with Crippen LogP contribution in [0.15, 0.2) is 97.1 Å². The molecule has 336 valence electrons. The molecule has 0 saturated carbocycles. The topological polar surface area (TPSA) is 241 Å². The average Bonchev–Trinajstić information content (AvgIpc) is 3.27. The van der Waals surface area contributed by atoms with E-state index in [1.165, 1.54) is 46.0 Å². The molecule has 0 saturated heterocycles. The van der Waals surface area contributed by atoms with Crippen LogP contribution in [0, 0.1) is 68.5 Å². The molecule has 4 rings (SSSR count). The molecule has 7 N–H and O–H groups in total. The molecule has 0 unspecified atom stereocenters. The molecule has 0 aromatic heterocycles. The zero-order valence-electron chi connectivity index (χ0n) is 36.1. The van der Waals surface area contributed by atoms with Crippen molar-refractivity contribution in [2.75, 3.05) is 26.8 Å². The Labute approximate surface area is 391 Å². The number of nitrogens with zero attached hydrogens (tertiary/aromatic N) is 1. The first-order valence-electron chi connectivity index (χ1n) is 19.3. The summed E-state index contributed by atoms with van der Waals surface area (Å²) in [5, 5.41) is 26.8. The van der Waals surface area contributed by atoms with E-state index in [1.807, 2.05) is 0 Å². The first kappa shape index (κ1) is 53.6. The fourth-order valence-corrected chi connectivity index (χ4v) is 5.51. The lowest BCUT2D eigenvalue weighted by molar-refractivity contribution is -0.384. The van der Waals surface area contributed by atoms with E-state index in [2.05, 4.69) is 111 Å². The Morgan fingerprint density at radius 1 is 0.815 bits per heavy atom. The van der Waals surface area contributed by atoms with Crippen molar-refractivity contribution in [3.63, 3.8) is 0 Å². The van der Waals surface area contributed by atoms with Crippen LogP contribution in [0.5, 0.6) is 0 Å². The van der Waals surface area contributed by atoms with Gasteiger partial charge in [0.15, 0.2) is 5.78 Å². The number of benzene rings is 4. The number of halogens is 1. The van der Waals surface area contributed by atoms with Gasteiger partial charge in [0.05, 0.1) is 4.92 Å². The maximum absolute atomic E-state index is 12.4. The normalized spacial score (nSPS) is 10.6. The maximum atomic E-state index is 12.4. The predicted molar refractivity (Wildman–Crippen MR) is 252 cm³/mol. The number of nitrogens with one attached hydrogen (secondary N) is 4. The molecule has 2 atom stereocenters. The quantitative estimate of drug-likeness (QED) is 0.0375. The van der Waals surface area contributed by atoms with E-state index >= 15 is 0 Å². The van der Waals surface area contributed by atoms with E-state index in [0.29, 0.717) is 22.3 Å². The van der Waals surface area contributed by atoms with E-state index in [9.17, 15) is 34.1 Å². The van der Waals surface area contributed by atoms with Crippen LogP contribution < -0.4 is 27.2 Å². The van der Waals surface area contributed by atoms with Crippen LogP contribution in [0.4, 0.5) is 10.5 Å². The molecule has 16 nitrogen and oxygen atoms in total. The highest BCUT2D eigenvalue weighted by Gasteiger charge is 2.24. The van der Waals surface area contributed by atoms with Crippen LogP contribution in [0.2, 0.25) is 0 Å². The lowest BCUT2D eigenvalue weighted by Gasteiger charge is -2.22. The summed E-state index contributed by atoms with van der Waals surface area (Å²) < 4.78 is 11.3. The predicted octanol–water partition coefficient (Wildman–Crippen LogP) is 4.67. The van der Waals surface area contributed by atoms with Crippen molar-refractivity contribution in [2.45, 2.75) is 45.4 Å². The van der Waals surface area contributed by atoms with Crippen LogP contribution in [0.25, 0.3) is 0 Å². The van der Waals surface area contributed by atoms with Gasteiger partial charge in [0, 0.05) is 63.7 Å². The molecule has 0 radical (unpaired) electrons. The highest BCUT2D eigenvalue weighted by Crippen LogP contribution is 2.12. The summed E-state index contributed by atoms with van der Waals surface area (Å²) in [6.07, 6.45) is 4.39. The molecule has 0 aliphatic rings. The van der Waals surface area contributed by atoms with Gasteiger partial charge >= 0.3 is 6.09 Å². The maximum Gasteiger partial charge on any atom is 0.407 e. The number of nitro groups is 1. The molecular formula is C48H47IN6O10. The van der Waals surface area contributed by atoms with Crippen molar-refractivity contribution in [1.82, 2.24) is 21.4 Å². The summed E-state index contributed by atoms with van der Waals surface area (Å²) in [6.45, 7) is 6.75. The van der Waals surface area contributed by atoms with Gasteiger partial charge in [-0.05, 0) is 141 Å². The van der Waals surface area contributed by atoms with E-state index in [1.54, 1.807) is 69.3 Å². The number of ether oxygens (including phenoxy) is 2. The molecule has 0 aliphatic heterocycles. The minimum atomic E-state index is -1.06. The van der Waals surface area contributed by atoms with Crippen molar-refractivity contribution in [1.29, 1.82) is 0 Å². The molecular weight excluding hydrogens is 947 g/mol. The lowest BCUT2D eigenvalue weighted by Crippen LogP contribution is -2.50. The molecule has 65 heavy (non-hydrogen) atoms. The Bertz CT molecular complexity index is 2520. The number of methoxy groups -OCH3 is 1. The third kappa shape index (κ3) is 21.4.